The van der Waals surface area contributed by atoms with Gasteiger partial charge in [-0.15, -0.1) is 0 Å². The van der Waals surface area contributed by atoms with Crippen molar-refractivity contribution in [3.8, 4) is 0 Å². The first kappa shape index (κ1) is 16.5. The van der Waals surface area contributed by atoms with Gasteiger partial charge in [-0.3, -0.25) is 0 Å². The van der Waals surface area contributed by atoms with E-state index in [1.165, 1.54) is 25.7 Å². The molecule has 0 N–H and O–H groups in total. The molecule has 4 saturated carbocycles. The van der Waals surface area contributed by atoms with Crippen LogP contribution in [0.3, 0.4) is 0 Å². The fourth-order valence-corrected chi connectivity index (χ4v) is 7.37. The highest BCUT2D eigenvalue weighted by atomic mass is 14.5. The van der Waals surface area contributed by atoms with Crippen LogP contribution in [-0.4, -0.2) is 0 Å². The Hall–Kier alpha value is 0. The van der Waals surface area contributed by atoms with Crippen LogP contribution in [0.25, 0.3) is 0 Å². The Morgan fingerprint density at radius 3 is 1.87 bits per heavy atom. The molecule has 0 saturated heterocycles. The highest BCUT2D eigenvalue weighted by Crippen LogP contribution is 2.55. The van der Waals surface area contributed by atoms with Crippen LogP contribution in [0.4, 0.5) is 0 Å². The first-order valence-corrected chi connectivity index (χ1v) is 11.4. The van der Waals surface area contributed by atoms with Gasteiger partial charge in [-0.05, 0) is 54.8 Å². The molecule has 0 radical (unpaired) electrons. The molecule has 4 fully saturated rings. The molecular formula is C23H40. The van der Waals surface area contributed by atoms with Gasteiger partial charge in [0.15, 0.2) is 0 Å². The Kier molecular flexibility index (Phi) is 5.67. The standard InChI is InChI=1S/C23H40/c1-3-9-18(10-4-1)15-16-22-21-14-8-7-13-20(21)17-23(22)19-11-5-2-6-12-19/h18-23H,1-17H2. The maximum Gasteiger partial charge on any atom is -0.0352 e. The number of fused-ring (bicyclic) bond motifs is 1. The number of hydrogen-bond donors (Lipinski definition) is 0. The van der Waals surface area contributed by atoms with Crippen LogP contribution < -0.4 is 0 Å². The van der Waals surface area contributed by atoms with Gasteiger partial charge in [0, 0.05) is 0 Å². The zero-order valence-corrected chi connectivity index (χ0v) is 15.5. The van der Waals surface area contributed by atoms with Gasteiger partial charge in [0.2, 0.25) is 0 Å². The van der Waals surface area contributed by atoms with E-state index in [1.807, 2.05) is 0 Å². The van der Waals surface area contributed by atoms with Crippen molar-refractivity contribution in [2.24, 2.45) is 35.5 Å². The quantitative estimate of drug-likeness (QED) is 0.508. The lowest BCUT2D eigenvalue weighted by atomic mass is 9.70. The Labute approximate surface area is 145 Å². The molecule has 0 aliphatic heterocycles. The molecule has 23 heavy (non-hydrogen) atoms. The molecule has 0 aromatic rings. The van der Waals surface area contributed by atoms with E-state index in [4.69, 9.17) is 0 Å². The first-order valence-electron chi connectivity index (χ1n) is 11.4. The molecule has 0 aromatic heterocycles. The van der Waals surface area contributed by atoms with E-state index in [1.54, 1.807) is 83.5 Å². The predicted molar refractivity (Wildman–Crippen MR) is 99.4 cm³/mol. The van der Waals surface area contributed by atoms with Crippen molar-refractivity contribution >= 4 is 0 Å². The predicted octanol–water partition coefficient (Wildman–Crippen LogP) is 7.37. The van der Waals surface area contributed by atoms with Gasteiger partial charge < -0.3 is 0 Å². The molecule has 4 atom stereocenters. The zero-order chi connectivity index (χ0) is 15.5. The smallest absolute Gasteiger partial charge is 0.0352 e. The summed E-state index contributed by atoms with van der Waals surface area (Å²) in [6.45, 7) is 0. The second-order valence-electron chi connectivity index (χ2n) is 9.75. The Morgan fingerprint density at radius 1 is 0.478 bits per heavy atom. The van der Waals surface area contributed by atoms with Crippen LogP contribution in [0.1, 0.15) is 109 Å². The minimum Gasteiger partial charge on any atom is -0.0533 e. The van der Waals surface area contributed by atoms with E-state index in [-0.39, 0.29) is 0 Å². The summed E-state index contributed by atoms with van der Waals surface area (Å²) in [5.41, 5.74) is 0. The minimum absolute atomic E-state index is 1.11. The minimum atomic E-state index is 1.11. The van der Waals surface area contributed by atoms with Gasteiger partial charge in [0.05, 0.1) is 0 Å². The first-order chi connectivity index (χ1) is 11.4. The molecule has 0 heteroatoms. The molecule has 0 bridgehead atoms. The Balaban J connectivity index is 1.40. The van der Waals surface area contributed by atoms with Gasteiger partial charge in [0.25, 0.3) is 0 Å². The molecule has 0 spiro atoms. The van der Waals surface area contributed by atoms with Crippen LogP contribution in [0.15, 0.2) is 0 Å². The third-order valence-electron chi connectivity index (χ3n) is 8.53. The average molecular weight is 317 g/mol. The van der Waals surface area contributed by atoms with Crippen molar-refractivity contribution in [1.29, 1.82) is 0 Å². The van der Waals surface area contributed by atoms with E-state index >= 15 is 0 Å². The maximum atomic E-state index is 1.64. The molecule has 4 aliphatic rings. The lowest BCUT2D eigenvalue weighted by Crippen LogP contribution is -2.26. The van der Waals surface area contributed by atoms with Crippen molar-refractivity contribution < 1.29 is 0 Å². The van der Waals surface area contributed by atoms with E-state index < -0.39 is 0 Å². The molecule has 0 nitrogen and oxygen atoms in total. The summed E-state index contributed by atoms with van der Waals surface area (Å²) >= 11 is 0. The van der Waals surface area contributed by atoms with Crippen LogP contribution >= 0.6 is 0 Å². The molecular weight excluding hydrogens is 276 g/mol. The van der Waals surface area contributed by atoms with E-state index in [0.29, 0.717) is 0 Å². The van der Waals surface area contributed by atoms with Crippen molar-refractivity contribution in [3.63, 3.8) is 0 Å². The van der Waals surface area contributed by atoms with Crippen molar-refractivity contribution in [2.45, 2.75) is 109 Å². The third-order valence-corrected chi connectivity index (χ3v) is 8.53. The van der Waals surface area contributed by atoms with Crippen LogP contribution in [0.2, 0.25) is 0 Å². The summed E-state index contributed by atoms with van der Waals surface area (Å²) in [5.74, 6) is 6.83. The largest absolute Gasteiger partial charge is 0.0533 e. The van der Waals surface area contributed by atoms with Gasteiger partial charge in [-0.1, -0.05) is 89.9 Å². The lowest BCUT2D eigenvalue weighted by Gasteiger charge is -2.35. The Morgan fingerprint density at radius 2 is 1.09 bits per heavy atom. The topological polar surface area (TPSA) is 0 Å². The monoisotopic (exact) mass is 316 g/mol. The SMILES string of the molecule is C1CCC(CCC2C3CCCCC3CC2C2CCCCC2)CC1. The number of rotatable bonds is 4. The van der Waals surface area contributed by atoms with Crippen molar-refractivity contribution in [1.82, 2.24) is 0 Å². The van der Waals surface area contributed by atoms with E-state index in [9.17, 15) is 0 Å². The van der Waals surface area contributed by atoms with Gasteiger partial charge in [-0.25, -0.2) is 0 Å². The number of hydrogen-bond acceptors (Lipinski definition) is 0. The summed E-state index contributed by atoms with van der Waals surface area (Å²) in [4.78, 5) is 0. The van der Waals surface area contributed by atoms with Gasteiger partial charge in [-0.2, -0.15) is 0 Å². The average Bonchev–Trinajstić information content (AvgIpc) is 3.00. The van der Waals surface area contributed by atoms with Crippen molar-refractivity contribution in [3.05, 3.63) is 0 Å². The summed E-state index contributed by atoms with van der Waals surface area (Å²) in [6.07, 6.45) is 26.7. The highest BCUT2D eigenvalue weighted by Gasteiger charge is 2.46. The van der Waals surface area contributed by atoms with Crippen LogP contribution in [0.5, 0.6) is 0 Å². The molecule has 0 heterocycles. The van der Waals surface area contributed by atoms with Crippen LogP contribution in [-0.2, 0) is 0 Å². The molecule has 4 rings (SSSR count). The Bertz CT molecular complexity index is 347. The summed E-state index contributed by atoms with van der Waals surface area (Å²) < 4.78 is 0. The summed E-state index contributed by atoms with van der Waals surface area (Å²) in [6, 6.07) is 0. The summed E-state index contributed by atoms with van der Waals surface area (Å²) in [7, 11) is 0. The lowest BCUT2D eigenvalue weighted by molar-refractivity contribution is 0.148. The van der Waals surface area contributed by atoms with Crippen LogP contribution in [0, 0.1) is 35.5 Å². The third kappa shape index (κ3) is 3.82. The van der Waals surface area contributed by atoms with E-state index in [2.05, 4.69) is 0 Å². The molecule has 132 valence electrons. The molecule has 4 unspecified atom stereocenters. The van der Waals surface area contributed by atoms with Crippen molar-refractivity contribution in [2.75, 3.05) is 0 Å². The normalized spacial score (nSPS) is 40.2. The second-order valence-corrected chi connectivity index (χ2v) is 9.75. The fourth-order valence-electron chi connectivity index (χ4n) is 7.37. The molecule has 0 amide bonds. The highest BCUT2D eigenvalue weighted by molar-refractivity contribution is 4.96. The van der Waals surface area contributed by atoms with E-state index in [0.717, 1.165) is 35.5 Å². The molecule has 4 aliphatic carbocycles. The zero-order valence-electron chi connectivity index (χ0n) is 15.5. The van der Waals surface area contributed by atoms with Gasteiger partial charge >= 0.3 is 0 Å². The van der Waals surface area contributed by atoms with Gasteiger partial charge in [0.1, 0.15) is 0 Å². The summed E-state index contributed by atoms with van der Waals surface area (Å²) in [5, 5.41) is 0. The maximum absolute atomic E-state index is 1.64. The second kappa shape index (κ2) is 7.92. The molecule has 0 aromatic carbocycles. The fraction of sp³-hybridized carbons (Fsp3) is 1.00.